The first-order chi connectivity index (χ1) is 22.1. The number of hydrogen-bond donors (Lipinski definition) is 3. The number of hydrogen-bond acceptors (Lipinski definition) is 13. The van der Waals surface area contributed by atoms with Gasteiger partial charge in [-0.1, -0.05) is 17.8 Å². The van der Waals surface area contributed by atoms with Gasteiger partial charge in [0.1, 0.15) is 26.9 Å². The number of benzene rings is 1. The lowest BCUT2D eigenvalue weighted by Crippen LogP contribution is -2.32. The Morgan fingerprint density at radius 3 is 2.21 bits per heavy atom. The lowest BCUT2D eigenvalue weighted by molar-refractivity contribution is -0.138. The summed E-state index contributed by atoms with van der Waals surface area (Å²) in [6.07, 6.45) is 2.05. The smallest absolute Gasteiger partial charge is 0.422 e. The molecule has 16 nitrogen and oxygen atoms in total. The summed E-state index contributed by atoms with van der Waals surface area (Å²) >= 11 is 2.67. The molecular formula is C27H24N4O12S4. The number of imide groups is 1. The van der Waals surface area contributed by atoms with Gasteiger partial charge in [-0.2, -0.15) is 8.42 Å². The van der Waals surface area contributed by atoms with Gasteiger partial charge >= 0.3 is 23.9 Å². The summed E-state index contributed by atoms with van der Waals surface area (Å²) in [6, 6.07) is 5.68. The van der Waals surface area contributed by atoms with Crippen molar-refractivity contribution in [2.75, 3.05) is 24.2 Å². The molecule has 47 heavy (non-hydrogen) atoms. The number of carboxylic acid groups (broad SMARTS) is 2. The molecule has 5 rings (SSSR count). The van der Waals surface area contributed by atoms with E-state index in [1.54, 1.807) is 6.08 Å². The predicted octanol–water partition coefficient (Wildman–Crippen LogP) is 0.127. The lowest BCUT2D eigenvalue weighted by atomic mass is 10.2. The second-order valence-corrected chi connectivity index (χ2v) is 14.8. The Hall–Kier alpha value is -4.50. The van der Waals surface area contributed by atoms with Crippen molar-refractivity contribution in [2.45, 2.75) is 31.3 Å². The van der Waals surface area contributed by atoms with E-state index in [1.807, 2.05) is 30.0 Å². The van der Waals surface area contributed by atoms with Crippen LogP contribution >= 0.6 is 34.4 Å². The largest absolute Gasteiger partial charge is 0.480 e. The van der Waals surface area contributed by atoms with Gasteiger partial charge in [0.05, 0.1) is 21.0 Å². The van der Waals surface area contributed by atoms with Crippen LogP contribution in [0.25, 0.3) is 11.8 Å². The number of allylic oxidation sites excluding steroid dienone is 1. The summed E-state index contributed by atoms with van der Waals surface area (Å²) in [6.45, 7) is 0.319. The minimum atomic E-state index is -4.20. The average molecular weight is 725 g/mol. The van der Waals surface area contributed by atoms with E-state index in [1.165, 1.54) is 17.8 Å². The molecular weight excluding hydrogens is 701 g/mol. The SMILES string of the molecule is Cc1ccc2c(c1)N(CCCS(=O)(=O)O)/C(=C\C=c1/s/c(=c3/s/c(=C4/OC(=O)N(C)C4=O)n(CC(=O)O)c3=O)n(CC(=O)O)c1=O)S2. The number of aryl methyl sites for hydroxylation is 1. The highest BCUT2D eigenvalue weighted by atomic mass is 32.2. The van der Waals surface area contributed by atoms with E-state index >= 15 is 0 Å². The molecule has 2 aliphatic rings. The number of thiazole rings is 2. The van der Waals surface area contributed by atoms with Crippen molar-refractivity contribution in [1.29, 1.82) is 0 Å². The number of cyclic esters (lactones) is 1. The normalized spacial score (nSPS) is 17.9. The quantitative estimate of drug-likeness (QED) is 0.250. The van der Waals surface area contributed by atoms with Crippen LogP contribution in [0, 0.1) is 16.1 Å². The Morgan fingerprint density at radius 2 is 1.62 bits per heavy atom. The van der Waals surface area contributed by atoms with E-state index in [9.17, 15) is 52.0 Å². The number of likely N-dealkylation sites (N-methyl/N-ethyl adjacent to an activating group) is 1. The number of nitrogens with zero attached hydrogens (tertiary/aromatic N) is 4. The van der Waals surface area contributed by atoms with Gasteiger partial charge in [0.25, 0.3) is 21.2 Å². The monoisotopic (exact) mass is 724 g/mol. The zero-order valence-electron chi connectivity index (χ0n) is 24.4. The van der Waals surface area contributed by atoms with Crippen LogP contribution in [0.15, 0.2) is 43.8 Å². The molecule has 0 radical (unpaired) electrons. The van der Waals surface area contributed by atoms with E-state index < -0.39 is 69.8 Å². The molecule has 0 spiro atoms. The van der Waals surface area contributed by atoms with Crippen molar-refractivity contribution in [3.8, 4) is 0 Å². The number of fused-ring (bicyclic) bond motifs is 1. The molecule has 0 saturated carbocycles. The number of aromatic nitrogens is 2. The van der Waals surface area contributed by atoms with Crippen molar-refractivity contribution >= 4 is 86.0 Å². The van der Waals surface area contributed by atoms with Crippen molar-refractivity contribution in [2.24, 2.45) is 0 Å². The maximum Gasteiger partial charge on any atom is 0.422 e. The zero-order chi connectivity index (χ0) is 34.4. The second-order valence-electron chi connectivity index (χ2n) is 10.2. The summed E-state index contributed by atoms with van der Waals surface area (Å²) in [5, 5.41) is 19.6. The number of anilines is 1. The van der Waals surface area contributed by atoms with E-state index in [0.717, 1.165) is 39.1 Å². The molecule has 3 aromatic rings. The number of carboxylic acids is 2. The van der Waals surface area contributed by atoms with Crippen molar-refractivity contribution in [3.63, 3.8) is 0 Å². The third kappa shape index (κ3) is 6.95. The Bertz CT molecular complexity index is 2350. The minimum absolute atomic E-state index is 0.00858. The number of ether oxygens (including phenoxy) is 1. The minimum Gasteiger partial charge on any atom is -0.480 e. The molecule has 0 atom stereocenters. The number of carbonyl (C=O) groups excluding carboxylic acids is 2. The summed E-state index contributed by atoms with van der Waals surface area (Å²) in [5.74, 6) is -4.85. The van der Waals surface area contributed by atoms with Crippen LogP contribution in [-0.2, 0) is 42.3 Å². The molecule has 20 heteroatoms. The number of amides is 2. The molecule has 1 fully saturated rings. The molecule has 248 valence electrons. The van der Waals surface area contributed by atoms with Gasteiger partial charge in [-0.05, 0) is 43.2 Å². The fourth-order valence-corrected chi connectivity index (χ4v) is 8.52. The molecule has 0 unspecified atom stereocenters. The third-order valence-corrected chi connectivity index (χ3v) is 11.2. The lowest BCUT2D eigenvalue weighted by Gasteiger charge is -2.20. The first kappa shape index (κ1) is 33.9. The Labute approximate surface area is 275 Å². The summed E-state index contributed by atoms with van der Waals surface area (Å²) in [4.78, 5) is 78.3. The fraction of sp³-hybridized carbons (Fsp3) is 0.259. The first-order valence-electron chi connectivity index (χ1n) is 13.4. The molecule has 4 heterocycles. The number of thioether (sulfide) groups is 1. The van der Waals surface area contributed by atoms with Crippen molar-refractivity contribution in [1.82, 2.24) is 14.0 Å². The summed E-state index contributed by atoms with van der Waals surface area (Å²) in [5.41, 5.74) is 0.00584. The van der Waals surface area contributed by atoms with Crippen molar-refractivity contribution < 1.29 is 47.1 Å². The van der Waals surface area contributed by atoms with Gasteiger partial charge in [-0.3, -0.25) is 37.7 Å². The van der Waals surface area contributed by atoms with Crippen LogP contribution in [0.2, 0.25) is 0 Å². The molecule has 2 aromatic heterocycles. The van der Waals surface area contributed by atoms with Crippen LogP contribution in [0.4, 0.5) is 10.5 Å². The van der Waals surface area contributed by atoms with Gasteiger partial charge in [-0.15, -0.1) is 22.7 Å². The Morgan fingerprint density at radius 1 is 0.957 bits per heavy atom. The maximum atomic E-state index is 13.5. The van der Waals surface area contributed by atoms with Crippen LogP contribution in [0.3, 0.4) is 0 Å². The molecule has 3 N–H and O–H groups in total. The number of aliphatic carboxylic acids is 2. The van der Waals surface area contributed by atoms with E-state index in [0.29, 0.717) is 25.8 Å². The topological polar surface area (TPSA) is 223 Å². The molecule has 1 saturated heterocycles. The zero-order valence-corrected chi connectivity index (χ0v) is 27.6. The van der Waals surface area contributed by atoms with E-state index in [2.05, 4.69) is 0 Å². The average Bonchev–Trinajstić information content (AvgIpc) is 3.66. The second kappa shape index (κ2) is 13.0. The summed E-state index contributed by atoms with van der Waals surface area (Å²) < 4.78 is 37.7. The molecule has 0 bridgehead atoms. The van der Waals surface area contributed by atoms with Crippen LogP contribution < -0.4 is 25.2 Å². The Kier molecular flexibility index (Phi) is 9.33. The summed E-state index contributed by atoms with van der Waals surface area (Å²) in [7, 11) is -3.07. The fourth-order valence-electron chi connectivity index (χ4n) is 4.66. The Balaban J connectivity index is 1.73. The molecule has 2 aliphatic heterocycles. The van der Waals surface area contributed by atoms with Gasteiger partial charge < -0.3 is 19.8 Å². The highest BCUT2D eigenvalue weighted by Gasteiger charge is 2.36. The van der Waals surface area contributed by atoms with Crippen molar-refractivity contribution in [3.05, 3.63) is 74.0 Å². The highest BCUT2D eigenvalue weighted by molar-refractivity contribution is 8.03. The highest BCUT2D eigenvalue weighted by Crippen LogP contribution is 2.46. The van der Waals surface area contributed by atoms with Gasteiger partial charge in [0.15, 0.2) is 0 Å². The first-order valence-corrected chi connectivity index (χ1v) is 17.5. The maximum absolute atomic E-state index is 13.5. The number of rotatable bonds is 9. The van der Waals surface area contributed by atoms with E-state index in [-0.39, 0.29) is 31.4 Å². The third-order valence-electron chi connectivity index (χ3n) is 6.78. The molecule has 2 amide bonds. The van der Waals surface area contributed by atoms with E-state index in [4.69, 9.17) is 4.74 Å². The molecule has 0 aliphatic carbocycles. The van der Waals surface area contributed by atoms with Crippen LogP contribution in [0.1, 0.15) is 12.0 Å². The van der Waals surface area contributed by atoms with Gasteiger partial charge in [0, 0.05) is 18.5 Å². The number of carbonyl (C=O) groups is 4. The molecule has 1 aromatic carbocycles. The van der Waals surface area contributed by atoms with Crippen LogP contribution in [0.5, 0.6) is 0 Å². The van der Waals surface area contributed by atoms with Crippen LogP contribution in [-0.4, -0.2) is 80.5 Å². The standard InChI is InChI=1S/C27H24N4O12S4/c1-13-4-5-15-14(10-13)29(8-3-9-47(40,41)42)17(44-15)7-6-16-22(36)30(11-18(32)33)26(45-16)21-24(38)31(12-19(34)35)25(46-21)20-23(37)28(2)27(39)43-20/h4-7,10H,3,8-9,11-12H2,1-2H3,(H,32,33)(H,34,35)(H,40,41,42)/b16-6-,17-7+,25-20+,26-21+. The van der Waals surface area contributed by atoms with Gasteiger partial charge in [0.2, 0.25) is 5.76 Å². The van der Waals surface area contributed by atoms with Gasteiger partial charge in [-0.25, -0.2) is 9.69 Å². The predicted molar refractivity (Wildman–Crippen MR) is 170 cm³/mol.